The van der Waals surface area contributed by atoms with Crippen LogP contribution in [0.4, 0.5) is 0 Å². The van der Waals surface area contributed by atoms with Gasteiger partial charge in [-0.1, -0.05) is 48.0 Å². The van der Waals surface area contributed by atoms with Gasteiger partial charge in [0.2, 0.25) is 0 Å². The summed E-state index contributed by atoms with van der Waals surface area (Å²) in [7, 11) is 0. The zero-order chi connectivity index (χ0) is 24.3. The number of allylic oxidation sites excluding steroid dienone is 1. The van der Waals surface area contributed by atoms with E-state index in [4.69, 9.17) is 0 Å². The van der Waals surface area contributed by atoms with Gasteiger partial charge < -0.3 is 10.2 Å². The third-order valence-corrected chi connectivity index (χ3v) is 11.2. The van der Waals surface area contributed by atoms with Crippen LogP contribution in [0.15, 0.2) is 11.6 Å². The lowest BCUT2D eigenvalue weighted by atomic mass is 9.46. The quantitative estimate of drug-likeness (QED) is 0.562. The second-order valence-corrected chi connectivity index (χ2v) is 12.8. The number of fused-ring (bicyclic) bond motifs is 5. The molecule has 4 heteroatoms. The van der Waals surface area contributed by atoms with Crippen LogP contribution in [0, 0.1) is 52.3 Å². The Morgan fingerprint density at radius 1 is 1.00 bits per heavy atom. The number of carbonyl (C=O) groups is 2. The maximum atomic E-state index is 13.2. The van der Waals surface area contributed by atoms with Gasteiger partial charge in [0.05, 0.1) is 12.2 Å². The molecule has 186 valence electrons. The summed E-state index contributed by atoms with van der Waals surface area (Å²) in [5.41, 5.74) is 0.757. The minimum Gasteiger partial charge on any atom is -0.390 e. The van der Waals surface area contributed by atoms with Crippen molar-refractivity contribution in [2.75, 3.05) is 0 Å². The van der Waals surface area contributed by atoms with E-state index in [-0.39, 0.29) is 34.2 Å². The molecule has 0 spiro atoms. The zero-order valence-corrected chi connectivity index (χ0v) is 21.6. The maximum Gasteiger partial charge on any atom is 0.159 e. The monoisotopic (exact) mass is 458 g/mol. The van der Waals surface area contributed by atoms with Crippen molar-refractivity contribution in [1.82, 2.24) is 0 Å². The minimum atomic E-state index is -0.708. The molecule has 0 heterocycles. The van der Waals surface area contributed by atoms with Crippen molar-refractivity contribution < 1.29 is 19.8 Å². The predicted octanol–water partition coefficient (Wildman–Crippen LogP) is 5.35. The molecule has 10 atom stereocenters. The number of hydrogen-bond donors (Lipinski definition) is 2. The summed E-state index contributed by atoms with van der Waals surface area (Å²) < 4.78 is 0. The van der Waals surface area contributed by atoms with E-state index in [2.05, 4.69) is 41.5 Å². The molecular formula is C29H46O4. The lowest BCUT2D eigenvalue weighted by Crippen LogP contribution is -2.54. The number of ketones is 2. The Hall–Kier alpha value is -1.00. The van der Waals surface area contributed by atoms with Gasteiger partial charge in [-0.05, 0) is 90.4 Å². The van der Waals surface area contributed by atoms with Crippen LogP contribution in [0.2, 0.25) is 0 Å². The van der Waals surface area contributed by atoms with Gasteiger partial charge in [0.15, 0.2) is 11.6 Å². The third kappa shape index (κ3) is 3.88. The van der Waals surface area contributed by atoms with Gasteiger partial charge in [-0.15, -0.1) is 0 Å². The largest absolute Gasteiger partial charge is 0.390 e. The Morgan fingerprint density at radius 2 is 1.70 bits per heavy atom. The van der Waals surface area contributed by atoms with Crippen LogP contribution in [0.3, 0.4) is 0 Å². The first-order valence-corrected chi connectivity index (χ1v) is 13.6. The van der Waals surface area contributed by atoms with Crippen molar-refractivity contribution in [3.05, 3.63) is 11.6 Å². The van der Waals surface area contributed by atoms with Crippen LogP contribution in [0.1, 0.15) is 92.9 Å². The van der Waals surface area contributed by atoms with E-state index in [9.17, 15) is 19.8 Å². The number of carbonyl (C=O) groups excluding carboxylic acids is 2. The van der Waals surface area contributed by atoms with Gasteiger partial charge in [0, 0.05) is 18.4 Å². The summed E-state index contributed by atoms with van der Waals surface area (Å²) in [4.78, 5) is 25.3. The Balaban J connectivity index is 1.57. The van der Waals surface area contributed by atoms with Crippen LogP contribution in [0.25, 0.3) is 0 Å². The van der Waals surface area contributed by atoms with E-state index in [1.807, 2.05) is 0 Å². The van der Waals surface area contributed by atoms with Crippen LogP contribution in [-0.2, 0) is 9.59 Å². The zero-order valence-electron chi connectivity index (χ0n) is 21.6. The molecule has 33 heavy (non-hydrogen) atoms. The number of aliphatic hydroxyl groups excluding tert-OH is 2. The molecule has 0 amide bonds. The second-order valence-electron chi connectivity index (χ2n) is 12.8. The van der Waals surface area contributed by atoms with Gasteiger partial charge in [-0.3, -0.25) is 9.59 Å². The molecule has 0 aliphatic heterocycles. The molecule has 0 saturated heterocycles. The Kier molecular flexibility index (Phi) is 6.77. The van der Waals surface area contributed by atoms with E-state index in [1.54, 1.807) is 6.08 Å². The summed E-state index contributed by atoms with van der Waals surface area (Å²) in [5, 5.41) is 22.3. The molecule has 0 aromatic heterocycles. The fourth-order valence-corrected chi connectivity index (χ4v) is 9.20. The van der Waals surface area contributed by atoms with Crippen molar-refractivity contribution >= 4 is 11.6 Å². The van der Waals surface area contributed by atoms with Crippen molar-refractivity contribution in [2.24, 2.45) is 52.3 Å². The fraction of sp³-hybridized carbons (Fsp3) is 0.862. The highest BCUT2D eigenvalue weighted by molar-refractivity contribution is 6.05. The molecule has 0 aromatic carbocycles. The van der Waals surface area contributed by atoms with E-state index >= 15 is 0 Å². The van der Waals surface area contributed by atoms with E-state index in [0.29, 0.717) is 42.4 Å². The molecule has 4 nitrogen and oxygen atoms in total. The molecular weight excluding hydrogens is 412 g/mol. The Labute approximate surface area is 200 Å². The molecule has 3 fully saturated rings. The van der Waals surface area contributed by atoms with Gasteiger partial charge in [-0.25, -0.2) is 0 Å². The smallest absolute Gasteiger partial charge is 0.159 e. The molecule has 1 unspecified atom stereocenters. The number of rotatable bonds is 6. The molecule has 0 aromatic rings. The van der Waals surface area contributed by atoms with Crippen molar-refractivity contribution in [3.63, 3.8) is 0 Å². The normalized spacial score (nSPS) is 42.2. The van der Waals surface area contributed by atoms with E-state index in [0.717, 1.165) is 44.1 Å². The van der Waals surface area contributed by atoms with Crippen LogP contribution >= 0.6 is 0 Å². The summed E-state index contributed by atoms with van der Waals surface area (Å²) in [5.74, 6) is 2.51. The molecule has 2 N–H and O–H groups in total. The predicted molar refractivity (Wildman–Crippen MR) is 130 cm³/mol. The lowest BCUT2D eigenvalue weighted by molar-refractivity contribution is -0.133. The van der Waals surface area contributed by atoms with Crippen molar-refractivity contribution in [3.8, 4) is 0 Å². The number of Topliss-reactive ketones (excluding diaryl/α,β-unsaturated/α-hetero) is 1. The molecule has 4 rings (SSSR count). The van der Waals surface area contributed by atoms with Gasteiger partial charge in [-0.2, -0.15) is 0 Å². The van der Waals surface area contributed by atoms with E-state index in [1.165, 1.54) is 0 Å². The number of hydrogen-bond acceptors (Lipinski definition) is 4. The minimum absolute atomic E-state index is 0.0389. The van der Waals surface area contributed by atoms with Crippen molar-refractivity contribution in [2.45, 2.75) is 105 Å². The van der Waals surface area contributed by atoms with Crippen LogP contribution in [-0.4, -0.2) is 34.0 Å². The Morgan fingerprint density at radius 3 is 2.33 bits per heavy atom. The average molecular weight is 459 g/mol. The first-order chi connectivity index (χ1) is 15.5. The summed E-state index contributed by atoms with van der Waals surface area (Å²) in [6.07, 6.45) is 7.49. The standard InChI is InChI=1S/C29H46O4/c1-7-19(16(2)3)27(33)26(32)17(4)21-8-9-22-20-15-25(31)24-14-18(30)10-12-29(24,6)23(20)11-13-28(21,22)5/h14,16-17,19-23,26-27,32-33H,7-13,15H2,1-6H3/t17-,19?,20-,21+,22-,23-,26+,27+,28+,29+/m0/s1. The number of aliphatic hydroxyl groups is 2. The van der Waals surface area contributed by atoms with Gasteiger partial charge in [0.25, 0.3) is 0 Å². The van der Waals surface area contributed by atoms with Crippen LogP contribution < -0.4 is 0 Å². The SMILES string of the molecule is CCC(C(C)C)[C@@H](O)[C@H](O)[C@@H](C)[C@H]1CC[C@H]2[C@@H]3CC(=O)C4=CC(=O)CC[C@]4(C)[C@H]3CC[C@]12C. The first-order valence-electron chi connectivity index (χ1n) is 13.6. The molecule has 4 aliphatic carbocycles. The highest BCUT2D eigenvalue weighted by Gasteiger charge is 2.61. The highest BCUT2D eigenvalue weighted by atomic mass is 16.3. The topological polar surface area (TPSA) is 74.6 Å². The lowest BCUT2D eigenvalue weighted by Gasteiger charge is -2.58. The summed E-state index contributed by atoms with van der Waals surface area (Å²) in [6.45, 7) is 13.2. The molecule has 3 saturated carbocycles. The molecule has 4 aliphatic rings. The average Bonchev–Trinajstić information content (AvgIpc) is 3.11. The van der Waals surface area contributed by atoms with Gasteiger partial charge >= 0.3 is 0 Å². The van der Waals surface area contributed by atoms with E-state index < -0.39 is 12.2 Å². The molecule has 0 bridgehead atoms. The van der Waals surface area contributed by atoms with Crippen molar-refractivity contribution in [1.29, 1.82) is 0 Å². The van der Waals surface area contributed by atoms with Gasteiger partial charge in [0.1, 0.15) is 0 Å². The van der Waals surface area contributed by atoms with Crippen LogP contribution in [0.5, 0.6) is 0 Å². The second kappa shape index (κ2) is 8.90. The third-order valence-electron chi connectivity index (χ3n) is 11.2. The first kappa shape index (κ1) is 25.1. The highest BCUT2D eigenvalue weighted by Crippen LogP contribution is 2.67. The fourth-order valence-electron chi connectivity index (χ4n) is 9.20. The summed E-state index contributed by atoms with van der Waals surface area (Å²) in [6, 6.07) is 0. The summed E-state index contributed by atoms with van der Waals surface area (Å²) >= 11 is 0. The maximum absolute atomic E-state index is 13.2. The Bertz CT molecular complexity index is 814. The molecule has 0 radical (unpaired) electrons.